The zero-order valence-corrected chi connectivity index (χ0v) is 9.09. The first kappa shape index (κ1) is 10.4. The first-order chi connectivity index (χ1) is 7.81. The molecule has 0 saturated carbocycles. The lowest BCUT2D eigenvalue weighted by molar-refractivity contribution is 0.319. The maximum absolute atomic E-state index is 8.66. The van der Waals surface area contributed by atoms with Gasteiger partial charge in [-0.25, -0.2) is 0 Å². The van der Waals surface area contributed by atoms with Gasteiger partial charge >= 0.3 is 0 Å². The summed E-state index contributed by atoms with van der Waals surface area (Å²) < 4.78 is 0. The van der Waals surface area contributed by atoms with E-state index in [1.54, 1.807) is 6.92 Å². The van der Waals surface area contributed by atoms with Crippen LogP contribution < -0.4 is 0 Å². The Kier molecular flexibility index (Phi) is 3.01. The molecule has 0 aliphatic rings. The molecule has 0 spiro atoms. The molecule has 0 amide bonds. The number of benzene rings is 2. The average Bonchev–Trinajstić information content (AvgIpc) is 2.39. The van der Waals surface area contributed by atoms with Crippen molar-refractivity contribution in [3.8, 4) is 11.1 Å². The van der Waals surface area contributed by atoms with Crippen molar-refractivity contribution < 1.29 is 5.21 Å². The van der Waals surface area contributed by atoms with E-state index in [9.17, 15) is 0 Å². The van der Waals surface area contributed by atoms with E-state index < -0.39 is 0 Å². The fraction of sp³-hybridized carbons (Fsp3) is 0.0714. The van der Waals surface area contributed by atoms with Crippen LogP contribution in [0.15, 0.2) is 59.8 Å². The van der Waals surface area contributed by atoms with Crippen LogP contribution in [-0.4, -0.2) is 10.9 Å². The van der Waals surface area contributed by atoms with Gasteiger partial charge in [-0.1, -0.05) is 59.8 Å². The summed E-state index contributed by atoms with van der Waals surface area (Å²) in [6.07, 6.45) is 0. The van der Waals surface area contributed by atoms with E-state index in [2.05, 4.69) is 17.3 Å². The Morgan fingerprint density at radius 2 is 1.44 bits per heavy atom. The number of nitrogens with zero attached hydrogens (tertiary/aromatic N) is 1. The highest BCUT2D eigenvalue weighted by Crippen LogP contribution is 2.19. The second kappa shape index (κ2) is 4.62. The van der Waals surface area contributed by atoms with Gasteiger partial charge in [0.05, 0.1) is 5.71 Å². The minimum atomic E-state index is 0.625. The van der Waals surface area contributed by atoms with E-state index in [0.717, 1.165) is 11.1 Å². The monoisotopic (exact) mass is 211 g/mol. The van der Waals surface area contributed by atoms with Crippen LogP contribution in [0.3, 0.4) is 0 Å². The quantitative estimate of drug-likeness (QED) is 0.460. The lowest BCUT2D eigenvalue weighted by atomic mass is 10.0. The third kappa shape index (κ3) is 2.11. The second-order valence-electron chi connectivity index (χ2n) is 3.63. The van der Waals surface area contributed by atoms with Crippen molar-refractivity contribution in [3.63, 3.8) is 0 Å². The van der Waals surface area contributed by atoms with Crippen molar-refractivity contribution in [2.75, 3.05) is 0 Å². The Hall–Kier alpha value is -2.09. The summed E-state index contributed by atoms with van der Waals surface area (Å²) in [6.45, 7) is 1.78. The number of oxime groups is 1. The number of rotatable bonds is 2. The van der Waals surface area contributed by atoms with E-state index in [4.69, 9.17) is 5.21 Å². The maximum atomic E-state index is 8.66. The van der Waals surface area contributed by atoms with Crippen molar-refractivity contribution in [3.05, 3.63) is 60.2 Å². The summed E-state index contributed by atoms with van der Waals surface area (Å²) in [7, 11) is 0. The first-order valence-corrected chi connectivity index (χ1v) is 5.16. The lowest BCUT2D eigenvalue weighted by Crippen LogP contribution is -1.93. The Balaban J connectivity index is 2.34. The molecule has 2 heteroatoms. The van der Waals surface area contributed by atoms with Gasteiger partial charge in [0.2, 0.25) is 0 Å². The van der Waals surface area contributed by atoms with Gasteiger partial charge in [-0.3, -0.25) is 0 Å². The molecule has 2 aromatic carbocycles. The zero-order chi connectivity index (χ0) is 11.4. The first-order valence-electron chi connectivity index (χ1n) is 5.16. The molecule has 2 rings (SSSR count). The number of hydrogen-bond acceptors (Lipinski definition) is 2. The van der Waals surface area contributed by atoms with Crippen LogP contribution >= 0.6 is 0 Å². The molecule has 2 nitrogen and oxygen atoms in total. The van der Waals surface area contributed by atoms with Crippen LogP contribution in [0, 0.1) is 0 Å². The minimum absolute atomic E-state index is 0.625. The molecule has 0 heterocycles. The Morgan fingerprint density at radius 1 is 0.875 bits per heavy atom. The summed E-state index contributed by atoms with van der Waals surface area (Å²) in [6, 6.07) is 18.1. The van der Waals surface area contributed by atoms with Gasteiger partial charge in [0.15, 0.2) is 0 Å². The molecule has 16 heavy (non-hydrogen) atoms. The molecule has 0 aliphatic carbocycles. The predicted octanol–water partition coefficient (Wildman–Crippen LogP) is 3.55. The summed E-state index contributed by atoms with van der Waals surface area (Å²) in [4.78, 5) is 0. The predicted molar refractivity (Wildman–Crippen MR) is 65.9 cm³/mol. The topological polar surface area (TPSA) is 32.6 Å². The van der Waals surface area contributed by atoms with Crippen molar-refractivity contribution in [2.45, 2.75) is 6.92 Å². The van der Waals surface area contributed by atoms with Gasteiger partial charge in [-0.05, 0) is 23.6 Å². The van der Waals surface area contributed by atoms with Crippen LogP contribution in [0.4, 0.5) is 0 Å². The van der Waals surface area contributed by atoms with Crippen molar-refractivity contribution in [1.82, 2.24) is 0 Å². The smallest absolute Gasteiger partial charge is 0.0836 e. The minimum Gasteiger partial charge on any atom is -0.411 e. The van der Waals surface area contributed by atoms with E-state index in [1.165, 1.54) is 5.56 Å². The summed E-state index contributed by atoms with van der Waals surface area (Å²) in [5.74, 6) is 0. The van der Waals surface area contributed by atoms with Gasteiger partial charge in [-0.15, -0.1) is 0 Å². The molecule has 0 radical (unpaired) electrons. The van der Waals surface area contributed by atoms with E-state index in [-0.39, 0.29) is 0 Å². The van der Waals surface area contributed by atoms with E-state index >= 15 is 0 Å². The Labute approximate surface area is 94.9 Å². The molecule has 0 saturated heterocycles. The Morgan fingerprint density at radius 3 is 2.00 bits per heavy atom. The van der Waals surface area contributed by atoms with Crippen molar-refractivity contribution in [2.24, 2.45) is 5.16 Å². The van der Waals surface area contributed by atoms with Crippen LogP contribution in [0.1, 0.15) is 12.5 Å². The molecule has 2 aromatic rings. The van der Waals surface area contributed by atoms with Gasteiger partial charge in [0, 0.05) is 0 Å². The van der Waals surface area contributed by atoms with Crippen LogP contribution in [0.5, 0.6) is 0 Å². The highest BCUT2D eigenvalue weighted by Gasteiger charge is 1.99. The van der Waals surface area contributed by atoms with Crippen LogP contribution in [0.2, 0.25) is 0 Å². The zero-order valence-electron chi connectivity index (χ0n) is 9.09. The van der Waals surface area contributed by atoms with E-state index in [0.29, 0.717) is 5.71 Å². The largest absolute Gasteiger partial charge is 0.411 e. The van der Waals surface area contributed by atoms with Crippen LogP contribution in [-0.2, 0) is 0 Å². The standard InChI is InChI=1S/C14H13NO/c1-11(15-16)12-7-9-14(10-8-12)13-5-3-2-4-6-13/h2-10,16H,1H3/b15-11+. The van der Waals surface area contributed by atoms with Gasteiger partial charge in [0.25, 0.3) is 0 Å². The summed E-state index contributed by atoms with van der Waals surface area (Å²) in [5.41, 5.74) is 3.91. The van der Waals surface area contributed by atoms with Gasteiger partial charge < -0.3 is 5.21 Å². The Bertz CT molecular complexity index is 486. The molecule has 80 valence electrons. The normalized spacial score (nSPS) is 11.4. The summed E-state index contributed by atoms with van der Waals surface area (Å²) in [5, 5.41) is 11.8. The molecular formula is C14H13NO. The molecule has 0 atom stereocenters. The third-order valence-electron chi connectivity index (χ3n) is 2.56. The highest BCUT2D eigenvalue weighted by molar-refractivity contribution is 5.98. The lowest BCUT2D eigenvalue weighted by Gasteiger charge is -2.03. The molecule has 0 aliphatic heterocycles. The third-order valence-corrected chi connectivity index (χ3v) is 2.56. The fourth-order valence-corrected chi connectivity index (χ4v) is 1.59. The van der Waals surface area contributed by atoms with E-state index in [1.807, 2.05) is 42.5 Å². The molecule has 1 N–H and O–H groups in total. The molecule has 0 unspecified atom stereocenters. The van der Waals surface area contributed by atoms with Gasteiger partial charge in [0.1, 0.15) is 0 Å². The summed E-state index contributed by atoms with van der Waals surface area (Å²) >= 11 is 0. The SMILES string of the molecule is C/C(=N\O)c1ccc(-c2ccccc2)cc1. The second-order valence-corrected chi connectivity index (χ2v) is 3.63. The molecule has 0 aromatic heterocycles. The van der Waals surface area contributed by atoms with Crippen LogP contribution in [0.25, 0.3) is 11.1 Å². The number of hydrogen-bond donors (Lipinski definition) is 1. The van der Waals surface area contributed by atoms with Gasteiger partial charge in [-0.2, -0.15) is 0 Å². The van der Waals surface area contributed by atoms with Crippen molar-refractivity contribution in [1.29, 1.82) is 0 Å². The highest BCUT2D eigenvalue weighted by atomic mass is 16.4. The maximum Gasteiger partial charge on any atom is 0.0836 e. The molecular weight excluding hydrogens is 198 g/mol. The fourth-order valence-electron chi connectivity index (χ4n) is 1.59. The van der Waals surface area contributed by atoms with Crippen molar-refractivity contribution >= 4 is 5.71 Å². The molecule has 0 bridgehead atoms. The average molecular weight is 211 g/mol. The molecule has 0 fully saturated rings.